The lowest BCUT2D eigenvalue weighted by Crippen LogP contribution is -2.43. The van der Waals surface area contributed by atoms with Gasteiger partial charge in [-0.25, -0.2) is 4.98 Å². The fraction of sp³-hybridized carbons (Fsp3) is 0.667. The third-order valence-electron chi connectivity index (χ3n) is 4.14. The molecule has 1 saturated heterocycles. The lowest BCUT2D eigenvalue weighted by atomic mass is 10.0. The molecule has 1 aromatic heterocycles. The molecule has 0 aromatic carbocycles. The summed E-state index contributed by atoms with van der Waals surface area (Å²) >= 11 is 0. The molecular formula is C15H22N4O2. The van der Waals surface area contributed by atoms with Gasteiger partial charge in [-0.3, -0.25) is 9.89 Å². The Balaban J connectivity index is 1.59. The molecule has 1 aliphatic carbocycles. The highest BCUT2D eigenvalue weighted by atomic mass is 16.5. The summed E-state index contributed by atoms with van der Waals surface area (Å²) in [7, 11) is 0. The van der Waals surface area contributed by atoms with Crippen LogP contribution in [-0.2, 0) is 16.0 Å². The fourth-order valence-corrected chi connectivity index (χ4v) is 2.86. The second-order valence-corrected chi connectivity index (χ2v) is 5.66. The van der Waals surface area contributed by atoms with Gasteiger partial charge in [-0.2, -0.15) is 5.10 Å². The largest absolute Gasteiger partial charge is 0.366 e. The maximum Gasteiger partial charge on any atom is 0.223 e. The van der Waals surface area contributed by atoms with E-state index in [4.69, 9.17) is 4.74 Å². The second kappa shape index (κ2) is 6.39. The summed E-state index contributed by atoms with van der Waals surface area (Å²) in [5.41, 5.74) is 0. The average molecular weight is 290 g/mol. The van der Waals surface area contributed by atoms with Crippen molar-refractivity contribution in [1.82, 2.24) is 20.1 Å². The molecule has 0 bridgehead atoms. The number of carbonyl (C=O) groups is 1. The SMILES string of the molecule is CCc1nc(C2CN(C(=O)CC3C=CCC3)CCO2)n[nH]1. The quantitative estimate of drug-likeness (QED) is 0.855. The van der Waals surface area contributed by atoms with Crippen LogP contribution in [-0.4, -0.2) is 45.7 Å². The van der Waals surface area contributed by atoms with Gasteiger partial charge in [0.05, 0.1) is 13.2 Å². The smallest absolute Gasteiger partial charge is 0.223 e. The maximum absolute atomic E-state index is 12.4. The number of hydrogen-bond acceptors (Lipinski definition) is 4. The first-order chi connectivity index (χ1) is 10.3. The predicted octanol–water partition coefficient (Wildman–Crippen LogP) is 1.62. The molecule has 6 nitrogen and oxygen atoms in total. The summed E-state index contributed by atoms with van der Waals surface area (Å²) < 4.78 is 5.72. The standard InChI is InChI=1S/C15H22N4O2/c1-2-13-16-15(18-17-13)12-10-19(7-8-21-12)14(20)9-11-5-3-4-6-11/h3,5,11-12H,2,4,6-10H2,1H3,(H,16,17,18). The number of allylic oxidation sites excluding steroid dienone is 2. The first-order valence-electron chi connectivity index (χ1n) is 7.73. The van der Waals surface area contributed by atoms with Crippen molar-refractivity contribution in [3.63, 3.8) is 0 Å². The van der Waals surface area contributed by atoms with Gasteiger partial charge < -0.3 is 9.64 Å². The van der Waals surface area contributed by atoms with Crippen molar-refractivity contribution in [1.29, 1.82) is 0 Å². The van der Waals surface area contributed by atoms with Crippen LogP contribution in [0.5, 0.6) is 0 Å². The minimum absolute atomic E-state index is 0.210. The number of amides is 1. The lowest BCUT2D eigenvalue weighted by molar-refractivity contribution is -0.140. The predicted molar refractivity (Wildman–Crippen MR) is 77.5 cm³/mol. The first kappa shape index (κ1) is 14.3. The van der Waals surface area contributed by atoms with Crippen molar-refractivity contribution < 1.29 is 9.53 Å². The molecule has 2 unspecified atom stereocenters. The molecule has 6 heteroatoms. The Morgan fingerprint density at radius 1 is 1.57 bits per heavy atom. The minimum Gasteiger partial charge on any atom is -0.366 e. The first-order valence-corrected chi connectivity index (χ1v) is 7.73. The van der Waals surface area contributed by atoms with Crippen LogP contribution in [0, 0.1) is 5.92 Å². The summed E-state index contributed by atoms with van der Waals surface area (Å²) in [6.45, 7) is 3.79. The highest BCUT2D eigenvalue weighted by molar-refractivity contribution is 5.76. The number of aryl methyl sites for hydroxylation is 1. The van der Waals surface area contributed by atoms with E-state index in [2.05, 4.69) is 27.3 Å². The molecule has 2 aliphatic rings. The van der Waals surface area contributed by atoms with E-state index in [0.717, 1.165) is 25.1 Å². The highest BCUT2D eigenvalue weighted by Crippen LogP contribution is 2.24. The van der Waals surface area contributed by atoms with Crippen LogP contribution >= 0.6 is 0 Å². The number of rotatable bonds is 4. The van der Waals surface area contributed by atoms with Crippen molar-refractivity contribution in [2.75, 3.05) is 19.7 Å². The third kappa shape index (κ3) is 3.32. The molecule has 0 saturated carbocycles. The van der Waals surface area contributed by atoms with E-state index in [-0.39, 0.29) is 12.0 Å². The van der Waals surface area contributed by atoms with Crippen LogP contribution < -0.4 is 0 Å². The van der Waals surface area contributed by atoms with Crippen molar-refractivity contribution >= 4 is 5.91 Å². The van der Waals surface area contributed by atoms with Gasteiger partial charge in [0.25, 0.3) is 0 Å². The van der Waals surface area contributed by atoms with Gasteiger partial charge in [-0.1, -0.05) is 19.1 Å². The van der Waals surface area contributed by atoms with E-state index in [1.54, 1.807) is 0 Å². The van der Waals surface area contributed by atoms with Crippen molar-refractivity contribution in [3.05, 3.63) is 23.8 Å². The number of H-pyrrole nitrogens is 1. The zero-order chi connectivity index (χ0) is 14.7. The van der Waals surface area contributed by atoms with Crippen molar-refractivity contribution in [2.24, 2.45) is 5.92 Å². The Hall–Kier alpha value is -1.69. The molecule has 0 radical (unpaired) electrons. The highest BCUT2D eigenvalue weighted by Gasteiger charge is 2.29. The molecule has 0 spiro atoms. The normalized spacial score (nSPS) is 25.5. The van der Waals surface area contributed by atoms with Gasteiger partial charge in [0.2, 0.25) is 5.91 Å². The molecule has 1 amide bonds. The monoisotopic (exact) mass is 290 g/mol. The molecule has 1 fully saturated rings. The molecule has 2 atom stereocenters. The van der Waals surface area contributed by atoms with Gasteiger partial charge >= 0.3 is 0 Å². The average Bonchev–Trinajstić information content (AvgIpc) is 3.18. The van der Waals surface area contributed by atoms with Crippen LogP contribution in [0.25, 0.3) is 0 Å². The van der Waals surface area contributed by atoms with E-state index < -0.39 is 0 Å². The van der Waals surface area contributed by atoms with Crippen LogP contribution in [0.1, 0.15) is 43.9 Å². The van der Waals surface area contributed by atoms with Gasteiger partial charge in [-0.15, -0.1) is 0 Å². The number of ether oxygens (including phenoxy) is 1. The van der Waals surface area contributed by atoms with Crippen LogP contribution in [0.3, 0.4) is 0 Å². The third-order valence-corrected chi connectivity index (χ3v) is 4.14. The Morgan fingerprint density at radius 3 is 3.19 bits per heavy atom. The van der Waals surface area contributed by atoms with Gasteiger partial charge in [0.15, 0.2) is 5.82 Å². The molecule has 21 heavy (non-hydrogen) atoms. The van der Waals surface area contributed by atoms with E-state index in [1.165, 1.54) is 0 Å². The van der Waals surface area contributed by atoms with Crippen LogP contribution in [0.4, 0.5) is 0 Å². The number of nitrogens with zero attached hydrogens (tertiary/aromatic N) is 3. The second-order valence-electron chi connectivity index (χ2n) is 5.66. The fourth-order valence-electron chi connectivity index (χ4n) is 2.86. The number of nitrogens with one attached hydrogen (secondary N) is 1. The molecule has 3 rings (SSSR count). The van der Waals surface area contributed by atoms with Gasteiger partial charge in [0, 0.05) is 19.4 Å². The Morgan fingerprint density at radius 2 is 2.48 bits per heavy atom. The van der Waals surface area contributed by atoms with Crippen LogP contribution in [0.2, 0.25) is 0 Å². The van der Waals surface area contributed by atoms with Crippen LogP contribution in [0.15, 0.2) is 12.2 Å². The molecule has 1 aliphatic heterocycles. The zero-order valence-corrected chi connectivity index (χ0v) is 12.4. The number of aromatic amines is 1. The summed E-state index contributed by atoms with van der Waals surface area (Å²) in [5, 5.41) is 7.10. The summed E-state index contributed by atoms with van der Waals surface area (Å²) in [6.07, 6.45) is 7.74. The minimum atomic E-state index is -0.210. The zero-order valence-electron chi connectivity index (χ0n) is 12.4. The molecular weight excluding hydrogens is 268 g/mol. The molecule has 1 aromatic rings. The Bertz CT molecular complexity index is 525. The van der Waals surface area contributed by atoms with E-state index >= 15 is 0 Å². The maximum atomic E-state index is 12.4. The number of aromatic nitrogens is 3. The van der Waals surface area contributed by atoms with Crippen molar-refractivity contribution in [3.8, 4) is 0 Å². The van der Waals surface area contributed by atoms with Gasteiger partial charge in [-0.05, 0) is 18.8 Å². The lowest BCUT2D eigenvalue weighted by Gasteiger charge is -2.32. The number of carbonyl (C=O) groups excluding carboxylic acids is 1. The summed E-state index contributed by atoms with van der Waals surface area (Å²) in [6, 6.07) is 0. The molecule has 2 heterocycles. The molecule has 1 N–H and O–H groups in total. The summed E-state index contributed by atoms with van der Waals surface area (Å²) in [4.78, 5) is 18.7. The topological polar surface area (TPSA) is 71.1 Å². The van der Waals surface area contributed by atoms with E-state index in [9.17, 15) is 4.79 Å². The Labute approximate surface area is 124 Å². The van der Waals surface area contributed by atoms with Gasteiger partial charge in [0.1, 0.15) is 11.9 Å². The van der Waals surface area contributed by atoms with E-state index in [0.29, 0.717) is 37.9 Å². The van der Waals surface area contributed by atoms with E-state index in [1.807, 2.05) is 11.8 Å². The molecule has 114 valence electrons. The Kier molecular flexibility index (Phi) is 4.34. The number of morpholine rings is 1. The van der Waals surface area contributed by atoms with Crippen molar-refractivity contribution in [2.45, 2.75) is 38.7 Å². The number of hydrogen-bond donors (Lipinski definition) is 1. The summed E-state index contributed by atoms with van der Waals surface area (Å²) in [5.74, 6) is 2.14.